The van der Waals surface area contributed by atoms with Crippen LogP contribution in [0.1, 0.15) is 31.4 Å². The van der Waals surface area contributed by atoms with Crippen molar-refractivity contribution in [3.8, 4) is 0 Å². The highest BCUT2D eigenvalue weighted by atomic mass is 32.2. The van der Waals surface area contributed by atoms with E-state index >= 15 is 0 Å². The Balaban J connectivity index is 2.11. The van der Waals surface area contributed by atoms with Crippen molar-refractivity contribution in [2.75, 3.05) is 10.8 Å². The minimum Gasteiger partial charge on any atom is -0.266 e. The highest BCUT2D eigenvalue weighted by molar-refractivity contribution is 7.92. The number of anilines is 1. The summed E-state index contributed by atoms with van der Waals surface area (Å²) in [5.74, 6) is 0. The Morgan fingerprint density at radius 2 is 1.64 bits per heavy atom. The third-order valence-corrected chi connectivity index (χ3v) is 6.28. The van der Waals surface area contributed by atoms with Gasteiger partial charge in [0.1, 0.15) is 0 Å². The van der Waals surface area contributed by atoms with Gasteiger partial charge < -0.3 is 0 Å². The topological polar surface area (TPSA) is 37.4 Å². The van der Waals surface area contributed by atoms with Crippen molar-refractivity contribution in [1.29, 1.82) is 0 Å². The first kappa shape index (κ1) is 15.1. The number of fused-ring (bicyclic) bond motifs is 1. The van der Waals surface area contributed by atoms with E-state index in [0.29, 0.717) is 11.4 Å². The molecule has 0 fully saturated rings. The van der Waals surface area contributed by atoms with Crippen molar-refractivity contribution < 1.29 is 8.42 Å². The smallest absolute Gasteiger partial charge is 0.264 e. The maximum Gasteiger partial charge on any atom is 0.264 e. The Morgan fingerprint density at radius 3 is 2.32 bits per heavy atom. The fraction of sp³-hybridized carbons (Fsp3) is 0.333. The first-order valence-electron chi connectivity index (χ1n) is 7.51. The summed E-state index contributed by atoms with van der Waals surface area (Å²) in [7, 11) is -3.51. The molecule has 2 aromatic rings. The molecule has 116 valence electrons. The Morgan fingerprint density at radius 1 is 1.00 bits per heavy atom. The number of aryl methyl sites for hydroxylation is 1. The van der Waals surface area contributed by atoms with E-state index in [1.54, 1.807) is 16.4 Å². The molecule has 2 aromatic carbocycles. The van der Waals surface area contributed by atoms with Crippen LogP contribution in [0.3, 0.4) is 0 Å². The van der Waals surface area contributed by atoms with Crippen molar-refractivity contribution in [1.82, 2.24) is 0 Å². The Bertz CT molecular complexity index is 792. The first-order valence-corrected chi connectivity index (χ1v) is 8.95. The Hall–Kier alpha value is -1.81. The molecule has 0 atom stereocenters. The number of nitrogens with zero attached hydrogens (tertiary/aromatic N) is 1. The molecular weight excluding hydrogens is 294 g/mol. The zero-order valence-electron chi connectivity index (χ0n) is 13.2. The Labute approximate surface area is 132 Å². The molecule has 0 bridgehead atoms. The van der Waals surface area contributed by atoms with E-state index in [2.05, 4.69) is 13.8 Å². The molecule has 3 rings (SSSR count). The van der Waals surface area contributed by atoms with Crippen LogP contribution in [-0.2, 0) is 15.4 Å². The average molecular weight is 315 g/mol. The lowest BCUT2D eigenvalue weighted by Crippen LogP contribution is -2.40. The first-order chi connectivity index (χ1) is 10.3. The third-order valence-electron chi connectivity index (χ3n) is 4.45. The summed E-state index contributed by atoms with van der Waals surface area (Å²) in [6, 6.07) is 14.9. The van der Waals surface area contributed by atoms with Crippen LogP contribution in [-0.4, -0.2) is 15.0 Å². The Kier molecular flexibility index (Phi) is 3.52. The van der Waals surface area contributed by atoms with Crippen molar-refractivity contribution in [2.45, 2.75) is 37.5 Å². The SMILES string of the molecule is Cc1ccc(S(=O)(=O)N2CCC(C)(C)c3ccccc32)cc1. The van der Waals surface area contributed by atoms with Gasteiger partial charge in [-0.3, -0.25) is 4.31 Å². The summed E-state index contributed by atoms with van der Waals surface area (Å²) < 4.78 is 27.6. The molecule has 0 aromatic heterocycles. The van der Waals surface area contributed by atoms with Crippen molar-refractivity contribution in [3.63, 3.8) is 0 Å². The molecule has 22 heavy (non-hydrogen) atoms. The molecular formula is C18H21NO2S. The van der Waals surface area contributed by atoms with Gasteiger partial charge in [0.05, 0.1) is 10.6 Å². The normalized spacial score (nSPS) is 17.1. The average Bonchev–Trinajstić information content (AvgIpc) is 2.47. The maximum atomic E-state index is 13.0. The lowest BCUT2D eigenvalue weighted by atomic mass is 9.78. The van der Waals surface area contributed by atoms with Gasteiger partial charge in [-0.25, -0.2) is 8.42 Å². The zero-order chi connectivity index (χ0) is 16.0. The number of hydrogen-bond donors (Lipinski definition) is 0. The summed E-state index contributed by atoms with van der Waals surface area (Å²) in [6.45, 7) is 6.80. The summed E-state index contributed by atoms with van der Waals surface area (Å²) in [5.41, 5.74) is 2.95. The van der Waals surface area contributed by atoms with E-state index < -0.39 is 10.0 Å². The summed E-state index contributed by atoms with van der Waals surface area (Å²) in [5, 5.41) is 0. The quantitative estimate of drug-likeness (QED) is 0.843. The van der Waals surface area contributed by atoms with Crippen LogP contribution in [0.4, 0.5) is 5.69 Å². The van der Waals surface area contributed by atoms with Crippen LogP contribution in [0.5, 0.6) is 0 Å². The molecule has 0 amide bonds. The number of benzene rings is 2. The molecule has 0 spiro atoms. The predicted octanol–water partition coefficient (Wildman–Crippen LogP) is 3.87. The summed E-state index contributed by atoms with van der Waals surface area (Å²) >= 11 is 0. The fourth-order valence-electron chi connectivity index (χ4n) is 2.99. The predicted molar refractivity (Wildman–Crippen MR) is 89.8 cm³/mol. The minimum atomic E-state index is -3.51. The maximum absolute atomic E-state index is 13.0. The molecule has 0 unspecified atom stereocenters. The van der Waals surface area contributed by atoms with Gasteiger partial charge in [-0.15, -0.1) is 0 Å². The van der Waals surface area contributed by atoms with Gasteiger partial charge in [0.25, 0.3) is 10.0 Å². The lowest BCUT2D eigenvalue weighted by molar-refractivity contribution is 0.467. The fourth-order valence-corrected chi connectivity index (χ4v) is 4.47. The zero-order valence-corrected chi connectivity index (χ0v) is 14.0. The van der Waals surface area contributed by atoms with Crippen LogP contribution < -0.4 is 4.31 Å². The van der Waals surface area contributed by atoms with E-state index in [9.17, 15) is 8.42 Å². The van der Waals surface area contributed by atoms with Crippen molar-refractivity contribution in [3.05, 3.63) is 59.7 Å². The highest BCUT2D eigenvalue weighted by Crippen LogP contribution is 2.41. The van der Waals surface area contributed by atoms with Crippen molar-refractivity contribution >= 4 is 15.7 Å². The number of para-hydroxylation sites is 1. The molecule has 0 radical (unpaired) electrons. The standard InChI is InChI=1S/C18H21NO2S/c1-14-8-10-15(11-9-14)22(20,21)19-13-12-18(2,3)16-6-4-5-7-17(16)19/h4-11H,12-13H2,1-3H3. The molecule has 1 heterocycles. The summed E-state index contributed by atoms with van der Waals surface area (Å²) in [6.07, 6.45) is 0.815. The molecule has 4 heteroatoms. The number of hydrogen-bond acceptors (Lipinski definition) is 2. The molecule has 0 saturated carbocycles. The van der Waals surface area contributed by atoms with Crippen LogP contribution in [0.2, 0.25) is 0 Å². The van der Waals surface area contributed by atoms with Crippen molar-refractivity contribution in [2.24, 2.45) is 0 Å². The van der Waals surface area contributed by atoms with E-state index in [1.165, 1.54) is 0 Å². The monoisotopic (exact) mass is 315 g/mol. The number of rotatable bonds is 2. The molecule has 0 N–H and O–H groups in total. The van der Waals surface area contributed by atoms with Gasteiger partial charge in [0.15, 0.2) is 0 Å². The third kappa shape index (κ3) is 2.41. The van der Waals surface area contributed by atoms with Gasteiger partial charge in [0.2, 0.25) is 0 Å². The van der Waals surface area contributed by atoms with Gasteiger partial charge in [-0.2, -0.15) is 0 Å². The largest absolute Gasteiger partial charge is 0.266 e. The van der Waals surface area contributed by atoms with E-state index in [-0.39, 0.29) is 5.41 Å². The second-order valence-corrected chi connectivity index (χ2v) is 8.40. The highest BCUT2D eigenvalue weighted by Gasteiger charge is 2.36. The molecule has 1 aliphatic rings. The van der Waals surface area contributed by atoms with Gasteiger partial charge in [0, 0.05) is 6.54 Å². The second kappa shape index (κ2) is 5.13. The van der Waals surface area contributed by atoms with E-state index in [1.807, 2.05) is 43.3 Å². The van der Waals surface area contributed by atoms with Crippen LogP contribution >= 0.6 is 0 Å². The van der Waals surface area contributed by atoms with E-state index in [0.717, 1.165) is 23.2 Å². The van der Waals surface area contributed by atoms with Crippen LogP contribution in [0, 0.1) is 6.92 Å². The molecule has 3 nitrogen and oxygen atoms in total. The van der Waals surface area contributed by atoms with Gasteiger partial charge in [-0.05, 0) is 42.5 Å². The van der Waals surface area contributed by atoms with E-state index in [4.69, 9.17) is 0 Å². The van der Waals surface area contributed by atoms with Gasteiger partial charge >= 0.3 is 0 Å². The molecule has 1 aliphatic heterocycles. The second-order valence-electron chi connectivity index (χ2n) is 6.54. The number of sulfonamides is 1. The van der Waals surface area contributed by atoms with Gasteiger partial charge in [-0.1, -0.05) is 49.7 Å². The van der Waals surface area contributed by atoms with Crippen LogP contribution in [0.25, 0.3) is 0 Å². The lowest BCUT2D eigenvalue weighted by Gasteiger charge is -2.39. The van der Waals surface area contributed by atoms with Crippen LogP contribution in [0.15, 0.2) is 53.4 Å². The summed E-state index contributed by atoms with van der Waals surface area (Å²) in [4.78, 5) is 0.354. The molecule has 0 saturated heterocycles. The minimum absolute atomic E-state index is 0.00408. The molecule has 0 aliphatic carbocycles.